The lowest BCUT2D eigenvalue weighted by Crippen LogP contribution is -2.47. The molecular formula is C19H36IN3O2S. The maximum Gasteiger partial charge on any atom is 0.193 e. The summed E-state index contributed by atoms with van der Waals surface area (Å²) in [6, 6.07) is 0. The van der Waals surface area contributed by atoms with Gasteiger partial charge in [0.1, 0.15) is 0 Å². The standard InChI is InChI=1S/C19H35N3O2S.HI/c1-16-6-5-10-22(14-16)19(20-12-17-7-3-2-4-8-17)21-13-18-9-11-25(23,24)15-18;/h16-18H,2-15H2,1H3,(H,20,21);1H. The first-order valence-electron chi connectivity index (χ1n) is 10.3. The van der Waals surface area contributed by atoms with Gasteiger partial charge in [-0.1, -0.05) is 26.2 Å². The fraction of sp³-hybridized carbons (Fsp3) is 0.947. The third-order valence-electron chi connectivity index (χ3n) is 6.06. The second-order valence-electron chi connectivity index (χ2n) is 8.51. The number of sulfone groups is 1. The predicted molar refractivity (Wildman–Crippen MR) is 119 cm³/mol. The smallest absolute Gasteiger partial charge is 0.193 e. The Bertz CT molecular complexity index is 561. The molecule has 5 nitrogen and oxygen atoms in total. The van der Waals surface area contributed by atoms with E-state index in [4.69, 9.17) is 4.99 Å². The number of rotatable bonds is 4. The molecular weight excluding hydrogens is 461 g/mol. The molecule has 0 aromatic rings. The van der Waals surface area contributed by atoms with Crippen LogP contribution in [0.1, 0.15) is 58.3 Å². The van der Waals surface area contributed by atoms with E-state index in [1.165, 1.54) is 44.9 Å². The van der Waals surface area contributed by atoms with Crippen LogP contribution in [-0.2, 0) is 9.84 Å². The van der Waals surface area contributed by atoms with Crippen molar-refractivity contribution in [3.05, 3.63) is 0 Å². The third-order valence-corrected chi connectivity index (χ3v) is 7.89. The largest absolute Gasteiger partial charge is 0.356 e. The first-order chi connectivity index (χ1) is 12.0. The normalized spacial score (nSPS) is 30.0. The van der Waals surface area contributed by atoms with Crippen LogP contribution in [0.15, 0.2) is 4.99 Å². The highest BCUT2D eigenvalue weighted by Gasteiger charge is 2.28. The molecule has 1 saturated carbocycles. The van der Waals surface area contributed by atoms with Crippen molar-refractivity contribution in [2.24, 2.45) is 22.7 Å². The van der Waals surface area contributed by atoms with Crippen molar-refractivity contribution in [3.63, 3.8) is 0 Å². The molecule has 0 aromatic carbocycles. The summed E-state index contributed by atoms with van der Waals surface area (Å²) in [5.74, 6) is 3.39. The molecule has 26 heavy (non-hydrogen) atoms. The van der Waals surface area contributed by atoms with E-state index in [9.17, 15) is 8.42 Å². The molecule has 0 amide bonds. The Hall–Kier alpha value is -0.0500. The molecule has 2 heterocycles. The molecule has 0 spiro atoms. The highest BCUT2D eigenvalue weighted by atomic mass is 127. The summed E-state index contributed by atoms with van der Waals surface area (Å²) >= 11 is 0. The van der Waals surface area contributed by atoms with Gasteiger partial charge in [-0.25, -0.2) is 8.42 Å². The van der Waals surface area contributed by atoms with Crippen LogP contribution in [-0.4, -0.2) is 57.0 Å². The second kappa shape index (κ2) is 10.5. The third kappa shape index (κ3) is 6.84. The Morgan fingerprint density at radius 2 is 1.85 bits per heavy atom. The highest BCUT2D eigenvalue weighted by molar-refractivity contribution is 14.0. The number of nitrogens with one attached hydrogen (secondary N) is 1. The Balaban J connectivity index is 0.00000243. The number of halogens is 1. The number of aliphatic imine (C=N–C) groups is 1. The van der Waals surface area contributed by atoms with E-state index >= 15 is 0 Å². The van der Waals surface area contributed by atoms with Crippen molar-refractivity contribution in [3.8, 4) is 0 Å². The molecule has 0 bridgehead atoms. The van der Waals surface area contributed by atoms with Gasteiger partial charge >= 0.3 is 0 Å². The average Bonchev–Trinajstić information content (AvgIpc) is 2.95. The monoisotopic (exact) mass is 497 g/mol. The van der Waals surface area contributed by atoms with E-state index in [-0.39, 0.29) is 29.9 Å². The fourth-order valence-electron chi connectivity index (χ4n) is 4.51. The Morgan fingerprint density at radius 3 is 2.50 bits per heavy atom. The molecule has 2 atom stereocenters. The molecule has 2 unspecified atom stereocenters. The van der Waals surface area contributed by atoms with Crippen LogP contribution in [0.4, 0.5) is 0 Å². The lowest BCUT2D eigenvalue weighted by Gasteiger charge is -2.34. The SMILES string of the molecule is CC1CCCN(C(=NCC2CCS(=O)(=O)C2)NCC2CCCCC2)C1.I. The lowest BCUT2D eigenvalue weighted by molar-refractivity contribution is 0.261. The van der Waals surface area contributed by atoms with Crippen LogP contribution in [0.2, 0.25) is 0 Å². The quantitative estimate of drug-likeness (QED) is 0.368. The predicted octanol–water partition coefficient (Wildman–Crippen LogP) is 3.30. The second-order valence-corrected chi connectivity index (χ2v) is 10.7. The van der Waals surface area contributed by atoms with Gasteiger partial charge in [-0.15, -0.1) is 24.0 Å². The van der Waals surface area contributed by atoms with Crippen molar-refractivity contribution in [1.29, 1.82) is 0 Å². The molecule has 0 radical (unpaired) electrons. The molecule has 1 N–H and O–H groups in total. The van der Waals surface area contributed by atoms with Gasteiger partial charge in [0.05, 0.1) is 11.5 Å². The molecule has 3 aliphatic rings. The summed E-state index contributed by atoms with van der Waals surface area (Å²) in [5, 5.41) is 3.65. The summed E-state index contributed by atoms with van der Waals surface area (Å²) in [5.41, 5.74) is 0. The van der Waals surface area contributed by atoms with Gasteiger partial charge in [-0.05, 0) is 49.9 Å². The Morgan fingerprint density at radius 1 is 1.08 bits per heavy atom. The van der Waals surface area contributed by atoms with Gasteiger partial charge in [0.15, 0.2) is 15.8 Å². The molecule has 2 aliphatic heterocycles. The molecule has 3 fully saturated rings. The highest BCUT2D eigenvalue weighted by Crippen LogP contribution is 2.23. The van der Waals surface area contributed by atoms with Gasteiger partial charge in [0.2, 0.25) is 0 Å². The van der Waals surface area contributed by atoms with E-state index in [0.717, 1.165) is 37.9 Å². The maximum absolute atomic E-state index is 11.7. The van der Waals surface area contributed by atoms with Crippen LogP contribution in [0.5, 0.6) is 0 Å². The first kappa shape index (κ1) is 22.2. The van der Waals surface area contributed by atoms with E-state index in [1.807, 2.05) is 0 Å². The van der Waals surface area contributed by atoms with Crippen molar-refractivity contribution in [1.82, 2.24) is 10.2 Å². The summed E-state index contributed by atoms with van der Waals surface area (Å²) in [6.45, 7) is 6.13. The average molecular weight is 497 g/mol. The van der Waals surface area contributed by atoms with Crippen LogP contribution in [0.3, 0.4) is 0 Å². The number of guanidine groups is 1. The van der Waals surface area contributed by atoms with Crippen LogP contribution in [0.25, 0.3) is 0 Å². The number of hydrogen-bond acceptors (Lipinski definition) is 3. The van der Waals surface area contributed by atoms with Gasteiger partial charge in [0, 0.05) is 26.2 Å². The van der Waals surface area contributed by atoms with E-state index in [1.54, 1.807) is 0 Å². The first-order valence-corrected chi connectivity index (χ1v) is 12.1. The number of piperidine rings is 1. The molecule has 152 valence electrons. The van der Waals surface area contributed by atoms with Crippen LogP contribution in [0, 0.1) is 17.8 Å². The van der Waals surface area contributed by atoms with Gasteiger partial charge in [-0.3, -0.25) is 4.99 Å². The molecule has 7 heteroatoms. The number of hydrogen-bond donors (Lipinski definition) is 1. The molecule has 2 saturated heterocycles. The Labute approximate surface area is 176 Å². The van der Waals surface area contributed by atoms with Gasteiger partial charge < -0.3 is 10.2 Å². The molecule has 3 rings (SSSR count). The van der Waals surface area contributed by atoms with E-state index in [2.05, 4.69) is 17.1 Å². The fourth-order valence-corrected chi connectivity index (χ4v) is 6.36. The minimum Gasteiger partial charge on any atom is -0.356 e. The summed E-state index contributed by atoms with van der Waals surface area (Å²) in [7, 11) is -2.81. The van der Waals surface area contributed by atoms with Crippen molar-refractivity contribution < 1.29 is 8.42 Å². The maximum atomic E-state index is 11.7. The topological polar surface area (TPSA) is 61.8 Å². The summed E-state index contributed by atoms with van der Waals surface area (Å²) in [4.78, 5) is 7.28. The number of likely N-dealkylation sites (tertiary alicyclic amines) is 1. The van der Waals surface area contributed by atoms with Crippen molar-refractivity contribution in [2.45, 2.75) is 58.3 Å². The van der Waals surface area contributed by atoms with E-state index in [0.29, 0.717) is 24.0 Å². The summed E-state index contributed by atoms with van der Waals surface area (Å²) < 4.78 is 23.4. The minimum absolute atomic E-state index is 0. The van der Waals surface area contributed by atoms with E-state index < -0.39 is 9.84 Å². The summed E-state index contributed by atoms with van der Waals surface area (Å²) in [6.07, 6.45) is 10.1. The zero-order valence-corrected chi connectivity index (χ0v) is 19.3. The van der Waals surface area contributed by atoms with Crippen LogP contribution < -0.4 is 5.32 Å². The Kier molecular flexibility index (Phi) is 8.97. The zero-order chi connectivity index (χ0) is 17.7. The molecule has 1 aliphatic carbocycles. The van der Waals surface area contributed by atoms with Gasteiger partial charge in [0.25, 0.3) is 0 Å². The van der Waals surface area contributed by atoms with Crippen molar-refractivity contribution >= 4 is 39.8 Å². The number of nitrogens with zero attached hydrogens (tertiary/aromatic N) is 2. The minimum atomic E-state index is -2.81. The van der Waals surface area contributed by atoms with Crippen LogP contribution >= 0.6 is 24.0 Å². The lowest BCUT2D eigenvalue weighted by atomic mass is 9.89. The van der Waals surface area contributed by atoms with Crippen molar-refractivity contribution in [2.75, 3.05) is 37.7 Å². The zero-order valence-electron chi connectivity index (χ0n) is 16.2. The van der Waals surface area contributed by atoms with Gasteiger partial charge in [-0.2, -0.15) is 0 Å². The molecule has 0 aromatic heterocycles.